The number of nitrogens with zero attached hydrogens (tertiary/aromatic N) is 2. The van der Waals surface area contributed by atoms with E-state index in [0.717, 1.165) is 27.6 Å². The van der Waals surface area contributed by atoms with E-state index in [-0.39, 0.29) is 23.0 Å². The Morgan fingerprint density at radius 2 is 1.96 bits per heavy atom. The van der Waals surface area contributed by atoms with E-state index in [1.165, 1.54) is 7.11 Å². The van der Waals surface area contributed by atoms with Crippen molar-refractivity contribution < 1.29 is 14.3 Å². The van der Waals surface area contributed by atoms with Crippen LogP contribution in [0.15, 0.2) is 9.98 Å². The molecule has 2 rings (SSSR count). The molecular formula is C16H24N2O3S3. The van der Waals surface area contributed by atoms with Crippen LogP contribution in [0.25, 0.3) is 0 Å². The highest BCUT2D eigenvalue weighted by Crippen LogP contribution is 2.41. The van der Waals surface area contributed by atoms with Gasteiger partial charge in [0, 0.05) is 23.2 Å². The minimum Gasteiger partial charge on any atom is -0.469 e. The molecule has 0 saturated carbocycles. The van der Waals surface area contributed by atoms with E-state index in [4.69, 9.17) is 9.98 Å². The molecular weight excluding hydrogens is 364 g/mol. The van der Waals surface area contributed by atoms with E-state index in [2.05, 4.69) is 25.5 Å². The summed E-state index contributed by atoms with van der Waals surface area (Å²) in [7, 11) is 1.35. The Kier molecular flexibility index (Phi) is 6.47. The highest BCUT2D eigenvalue weighted by atomic mass is 32.2. The van der Waals surface area contributed by atoms with Crippen molar-refractivity contribution in [3.05, 3.63) is 0 Å². The van der Waals surface area contributed by atoms with Crippen LogP contribution in [-0.4, -0.2) is 56.6 Å². The van der Waals surface area contributed by atoms with Crippen LogP contribution in [0.3, 0.4) is 0 Å². The van der Waals surface area contributed by atoms with Crippen LogP contribution in [-0.2, 0) is 14.3 Å². The highest BCUT2D eigenvalue weighted by Gasteiger charge is 2.45. The number of rotatable bonds is 6. The Morgan fingerprint density at radius 3 is 2.54 bits per heavy atom. The summed E-state index contributed by atoms with van der Waals surface area (Å²) in [5.41, 5.74) is -1.05. The van der Waals surface area contributed by atoms with Crippen LogP contribution in [0.2, 0.25) is 0 Å². The summed E-state index contributed by atoms with van der Waals surface area (Å²) in [6.45, 7) is 8.26. The van der Waals surface area contributed by atoms with Gasteiger partial charge < -0.3 is 4.74 Å². The summed E-state index contributed by atoms with van der Waals surface area (Å²) in [4.78, 5) is 33.3. The molecule has 8 heteroatoms. The highest BCUT2D eigenvalue weighted by molar-refractivity contribution is 8.16. The maximum absolute atomic E-state index is 12.5. The molecule has 0 N–H and O–H groups in total. The van der Waals surface area contributed by atoms with Crippen molar-refractivity contribution in [1.29, 1.82) is 0 Å². The van der Waals surface area contributed by atoms with Gasteiger partial charge in [-0.05, 0) is 13.8 Å². The molecule has 0 aliphatic carbocycles. The van der Waals surface area contributed by atoms with Gasteiger partial charge >= 0.3 is 5.97 Å². The molecule has 2 aliphatic heterocycles. The van der Waals surface area contributed by atoms with Gasteiger partial charge in [-0.25, -0.2) is 0 Å². The summed E-state index contributed by atoms with van der Waals surface area (Å²) < 4.78 is 4.60. The van der Waals surface area contributed by atoms with Gasteiger partial charge in [0.25, 0.3) is 0 Å². The molecule has 24 heavy (non-hydrogen) atoms. The Hall–Kier alpha value is -0.470. The minimum absolute atomic E-state index is 0.0104. The number of hydrogen-bond acceptors (Lipinski definition) is 8. The Morgan fingerprint density at radius 1 is 1.25 bits per heavy atom. The standard InChI is InChI=1S/C16H24N2O3S3/c1-10(2)12-17-15(3,8-23-12)13-18-16(4,9-24-13)14(20)22-7-6-11(19)21-5/h10H,6-9H2,1-5H3/t15-,16+/m1/s1. The second kappa shape index (κ2) is 7.83. The minimum atomic E-state index is -0.732. The van der Waals surface area contributed by atoms with Gasteiger partial charge in [-0.2, -0.15) is 0 Å². The average molecular weight is 389 g/mol. The van der Waals surface area contributed by atoms with Gasteiger partial charge in [0.05, 0.1) is 23.6 Å². The Balaban J connectivity index is 2.03. The number of ether oxygens (including phenoxy) is 1. The molecule has 2 heterocycles. The quantitative estimate of drug-likeness (QED) is 0.651. The summed E-state index contributed by atoms with van der Waals surface area (Å²) in [6, 6.07) is 0. The molecule has 0 amide bonds. The fourth-order valence-corrected chi connectivity index (χ4v) is 5.89. The van der Waals surface area contributed by atoms with E-state index in [9.17, 15) is 9.59 Å². The lowest BCUT2D eigenvalue weighted by molar-refractivity contribution is -0.140. The fraction of sp³-hybridized carbons (Fsp3) is 0.750. The number of aliphatic imine (C=N–C) groups is 2. The van der Waals surface area contributed by atoms with E-state index < -0.39 is 5.54 Å². The number of esters is 1. The lowest BCUT2D eigenvalue weighted by Gasteiger charge is -2.19. The lowest BCUT2D eigenvalue weighted by Crippen LogP contribution is -2.33. The van der Waals surface area contributed by atoms with Gasteiger partial charge in [0.15, 0.2) is 0 Å². The van der Waals surface area contributed by atoms with Gasteiger partial charge in [0.2, 0.25) is 5.12 Å². The molecule has 0 radical (unpaired) electrons. The molecule has 134 valence electrons. The van der Waals surface area contributed by atoms with Crippen LogP contribution >= 0.6 is 35.3 Å². The molecule has 0 fully saturated rings. The first kappa shape index (κ1) is 19.8. The monoisotopic (exact) mass is 388 g/mol. The molecule has 0 aromatic carbocycles. The molecule has 0 unspecified atom stereocenters. The molecule has 5 nitrogen and oxygen atoms in total. The predicted octanol–water partition coefficient (Wildman–Crippen LogP) is 3.27. The van der Waals surface area contributed by atoms with Gasteiger partial charge in [-0.1, -0.05) is 25.6 Å². The van der Waals surface area contributed by atoms with Crippen LogP contribution in [0.4, 0.5) is 0 Å². The van der Waals surface area contributed by atoms with Crippen LogP contribution in [0.5, 0.6) is 0 Å². The average Bonchev–Trinajstić information content (AvgIpc) is 3.13. The summed E-state index contributed by atoms with van der Waals surface area (Å²) >= 11 is 4.59. The SMILES string of the molecule is COC(=O)CCSC(=O)[C@]1(C)CSC([C@@]2(C)CSC(C(C)C)=N2)=N1. The zero-order valence-corrected chi connectivity index (χ0v) is 17.2. The number of methoxy groups -OCH3 is 1. The lowest BCUT2D eigenvalue weighted by atomic mass is 10.1. The number of thioether (sulfide) groups is 3. The number of hydrogen-bond donors (Lipinski definition) is 0. The predicted molar refractivity (Wildman–Crippen MR) is 106 cm³/mol. The Labute approximate surface area is 156 Å². The first-order valence-electron chi connectivity index (χ1n) is 7.90. The van der Waals surface area contributed by atoms with Crippen LogP contribution in [0.1, 0.15) is 34.1 Å². The normalized spacial score (nSPS) is 29.6. The second-order valence-corrected chi connectivity index (χ2v) is 9.64. The van der Waals surface area contributed by atoms with Crippen molar-refractivity contribution in [3.63, 3.8) is 0 Å². The zero-order valence-electron chi connectivity index (χ0n) is 14.7. The third kappa shape index (κ3) is 4.38. The summed E-state index contributed by atoms with van der Waals surface area (Å²) in [6.07, 6.45) is 0.239. The molecule has 2 atom stereocenters. The van der Waals surface area contributed by atoms with Gasteiger partial charge in [-0.15, -0.1) is 23.5 Å². The number of carbonyl (C=O) groups excluding carboxylic acids is 2. The molecule has 0 aromatic rings. The first-order chi connectivity index (χ1) is 11.2. The fourth-order valence-electron chi connectivity index (χ4n) is 2.29. The van der Waals surface area contributed by atoms with Gasteiger partial charge in [-0.3, -0.25) is 19.6 Å². The van der Waals surface area contributed by atoms with Crippen LogP contribution < -0.4 is 0 Å². The molecule has 0 bridgehead atoms. The van der Waals surface area contributed by atoms with E-state index in [0.29, 0.717) is 17.4 Å². The number of carbonyl (C=O) groups is 2. The second-order valence-electron chi connectivity index (χ2n) is 6.61. The van der Waals surface area contributed by atoms with Crippen molar-refractivity contribution >= 4 is 56.5 Å². The third-order valence-electron chi connectivity index (χ3n) is 3.86. The maximum atomic E-state index is 12.5. The zero-order chi connectivity index (χ0) is 18.0. The van der Waals surface area contributed by atoms with Crippen molar-refractivity contribution in [2.45, 2.75) is 45.2 Å². The van der Waals surface area contributed by atoms with E-state index in [1.807, 2.05) is 6.92 Å². The van der Waals surface area contributed by atoms with Gasteiger partial charge in [0.1, 0.15) is 11.1 Å². The third-order valence-corrected chi connectivity index (χ3v) is 8.04. The molecule has 0 spiro atoms. The van der Waals surface area contributed by atoms with Crippen molar-refractivity contribution in [1.82, 2.24) is 0 Å². The summed E-state index contributed by atoms with van der Waals surface area (Å²) in [5, 5.41) is 2.12. The first-order valence-corrected chi connectivity index (χ1v) is 10.9. The van der Waals surface area contributed by atoms with Crippen molar-refractivity contribution in [2.75, 3.05) is 24.4 Å². The van der Waals surface area contributed by atoms with Crippen molar-refractivity contribution in [2.24, 2.45) is 15.9 Å². The topological polar surface area (TPSA) is 68.1 Å². The van der Waals surface area contributed by atoms with Crippen molar-refractivity contribution in [3.8, 4) is 0 Å². The molecule has 2 aliphatic rings. The van der Waals surface area contributed by atoms with E-state index in [1.54, 1.807) is 23.5 Å². The maximum Gasteiger partial charge on any atom is 0.306 e. The molecule has 0 aromatic heterocycles. The van der Waals surface area contributed by atoms with E-state index >= 15 is 0 Å². The van der Waals surface area contributed by atoms with Crippen LogP contribution in [0, 0.1) is 5.92 Å². The Bertz CT molecular complexity index is 591. The molecule has 0 saturated heterocycles. The smallest absolute Gasteiger partial charge is 0.306 e. The summed E-state index contributed by atoms with van der Waals surface area (Å²) in [5.74, 6) is 2.08. The largest absolute Gasteiger partial charge is 0.469 e.